The first-order valence-corrected chi connectivity index (χ1v) is 13.5. The van der Waals surface area contributed by atoms with Crippen molar-refractivity contribution in [3.63, 3.8) is 0 Å². The molecule has 0 spiro atoms. The van der Waals surface area contributed by atoms with Crippen molar-refractivity contribution in [2.75, 3.05) is 18.4 Å². The number of nitrogens with zero attached hydrogens (tertiary/aromatic N) is 3. The van der Waals surface area contributed by atoms with Crippen molar-refractivity contribution in [3.05, 3.63) is 53.5 Å². The number of aromatic nitrogens is 2. The molecule has 2 aliphatic heterocycles. The summed E-state index contributed by atoms with van der Waals surface area (Å²) in [6, 6.07) is 7.14. The lowest BCUT2D eigenvalue weighted by Crippen LogP contribution is -2.49. The molecule has 1 amide bonds. The zero-order valence-corrected chi connectivity index (χ0v) is 21.1. The number of unbranched alkanes of at least 4 members (excludes halogenated alkanes) is 4. The number of aliphatic carboxylic acids is 1. The molecule has 194 valence electrons. The molecule has 1 fully saturated rings. The monoisotopic (exact) mass is 493 g/mol. The van der Waals surface area contributed by atoms with Crippen LogP contribution in [0.5, 0.6) is 0 Å². The lowest BCUT2D eigenvalue weighted by Gasteiger charge is -2.25. The smallest absolute Gasteiger partial charge is 0.326 e. The Hall–Kier alpha value is -3.00. The normalized spacial score (nSPS) is 18.3. The third-order valence-electron chi connectivity index (χ3n) is 7.27. The summed E-state index contributed by atoms with van der Waals surface area (Å²) in [7, 11) is 0. The molecule has 0 aromatic carbocycles. The summed E-state index contributed by atoms with van der Waals surface area (Å²) in [4.78, 5) is 35.7. The zero-order valence-electron chi connectivity index (χ0n) is 21.1. The van der Waals surface area contributed by atoms with Crippen molar-refractivity contribution in [3.8, 4) is 0 Å². The number of amides is 1. The summed E-state index contributed by atoms with van der Waals surface area (Å²) in [5.74, 6) is -0.0682. The maximum atomic E-state index is 12.9. The minimum absolute atomic E-state index is 0.171. The Bertz CT molecular complexity index is 1000. The van der Waals surface area contributed by atoms with Crippen LogP contribution in [0.4, 0.5) is 5.82 Å². The number of anilines is 1. The van der Waals surface area contributed by atoms with Crippen LogP contribution < -0.4 is 10.6 Å². The van der Waals surface area contributed by atoms with Gasteiger partial charge in [0.1, 0.15) is 11.9 Å². The number of hydrogen-bond acceptors (Lipinski definition) is 6. The fraction of sp³-hybridized carbons (Fsp3) is 0.571. The summed E-state index contributed by atoms with van der Waals surface area (Å²) in [5, 5.41) is 15.9. The van der Waals surface area contributed by atoms with Crippen LogP contribution in [0.25, 0.3) is 0 Å². The largest absolute Gasteiger partial charge is 0.480 e. The fourth-order valence-electron chi connectivity index (χ4n) is 5.26. The topological polar surface area (TPSA) is 107 Å². The van der Waals surface area contributed by atoms with E-state index in [-0.39, 0.29) is 11.9 Å². The van der Waals surface area contributed by atoms with Crippen LogP contribution in [-0.2, 0) is 29.0 Å². The van der Waals surface area contributed by atoms with Gasteiger partial charge in [-0.15, -0.1) is 0 Å². The number of nitrogens with one attached hydrogen (secondary N) is 2. The van der Waals surface area contributed by atoms with Gasteiger partial charge in [-0.3, -0.25) is 14.7 Å². The van der Waals surface area contributed by atoms with E-state index in [1.165, 1.54) is 12.0 Å². The highest BCUT2D eigenvalue weighted by Crippen LogP contribution is 2.22. The number of carbonyl (C=O) groups is 2. The van der Waals surface area contributed by atoms with Gasteiger partial charge in [-0.1, -0.05) is 37.8 Å². The first-order valence-electron chi connectivity index (χ1n) is 13.5. The number of hydrogen-bond donors (Lipinski definition) is 3. The molecule has 1 saturated heterocycles. The van der Waals surface area contributed by atoms with Gasteiger partial charge in [-0.2, -0.15) is 0 Å². The molecule has 36 heavy (non-hydrogen) atoms. The van der Waals surface area contributed by atoms with Crippen LogP contribution in [0, 0.1) is 0 Å². The van der Waals surface area contributed by atoms with Crippen molar-refractivity contribution in [2.45, 2.75) is 89.3 Å². The van der Waals surface area contributed by atoms with Gasteiger partial charge in [0.05, 0.1) is 6.04 Å². The summed E-state index contributed by atoms with van der Waals surface area (Å²) >= 11 is 0. The molecule has 2 atom stereocenters. The summed E-state index contributed by atoms with van der Waals surface area (Å²) < 4.78 is 0. The van der Waals surface area contributed by atoms with Gasteiger partial charge in [-0.05, 0) is 74.8 Å². The average Bonchev–Trinajstić information content (AvgIpc) is 3.36. The van der Waals surface area contributed by atoms with Gasteiger partial charge in [0.15, 0.2) is 0 Å². The number of carboxylic acids is 1. The lowest BCUT2D eigenvalue weighted by atomic mass is 10.0. The molecule has 2 aromatic rings. The third kappa shape index (κ3) is 7.50. The van der Waals surface area contributed by atoms with Crippen molar-refractivity contribution in [1.29, 1.82) is 0 Å². The molecule has 8 nitrogen and oxygen atoms in total. The van der Waals surface area contributed by atoms with Crippen LogP contribution in [0.2, 0.25) is 0 Å². The number of fused-ring (bicyclic) bond motifs is 1. The van der Waals surface area contributed by atoms with E-state index < -0.39 is 12.0 Å². The van der Waals surface area contributed by atoms with Gasteiger partial charge >= 0.3 is 5.97 Å². The predicted molar refractivity (Wildman–Crippen MR) is 140 cm³/mol. The predicted octanol–water partition coefficient (Wildman–Crippen LogP) is 3.95. The number of carbonyl (C=O) groups excluding carboxylic acids is 1. The Balaban J connectivity index is 1.14. The van der Waals surface area contributed by atoms with E-state index in [2.05, 4.69) is 32.7 Å². The number of carboxylic acid groups (broad SMARTS) is 1. The molecule has 3 N–H and O–H groups in total. The van der Waals surface area contributed by atoms with Crippen LogP contribution in [0.1, 0.15) is 74.6 Å². The summed E-state index contributed by atoms with van der Waals surface area (Å²) in [5.41, 5.74) is 3.52. The van der Waals surface area contributed by atoms with Gasteiger partial charge < -0.3 is 15.7 Å². The molecule has 2 aromatic heterocycles. The standard InChI is InChI=1S/C28H39N5O3/c34-27(25-13-8-18-33(25)20-21-9-6-16-29-19-21)32-24(28(35)36)12-5-3-1-2-4-11-23-15-14-22-10-7-17-30-26(22)31-23/h6,9,14-16,19,24-25H,1-5,7-8,10-13,17-18,20H2,(H,30,31)(H,32,34)(H,35,36). The Morgan fingerprint density at radius 3 is 2.83 bits per heavy atom. The highest BCUT2D eigenvalue weighted by Gasteiger charge is 2.32. The van der Waals surface area contributed by atoms with Crippen molar-refractivity contribution in [1.82, 2.24) is 20.2 Å². The molecule has 2 unspecified atom stereocenters. The second-order valence-corrected chi connectivity index (χ2v) is 10.0. The highest BCUT2D eigenvalue weighted by atomic mass is 16.4. The van der Waals surface area contributed by atoms with Gasteiger partial charge in [0, 0.05) is 31.2 Å². The van der Waals surface area contributed by atoms with Crippen LogP contribution >= 0.6 is 0 Å². The SMILES string of the molecule is O=C(O)C(CCCCCCCc1ccc2c(n1)NCCC2)NC(=O)C1CCCN1Cc1cccnc1. The maximum Gasteiger partial charge on any atom is 0.326 e. The van der Waals surface area contributed by atoms with Crippen molar-refractivity contribution < 1.29 is 14.7 Å². The van der Waals surface area contributed by atoms with E-state index in [0.717, 1.165) is 88.0 Å². The minimum Gasteiger partial charge on any atom is -0.480 e. The van der Waals surface area contributed by atoms with E-state index in [1.807, 2.05) is 18.3 Å². The average molecular weight is 494 g/mol. The van der Waals surface area contributed by atoms with E-state index in [1.54, 1.807) is 6.20 Å². The molecule has 4 rings (SSSR count). The quantitative estimate of drug-likeness (QED) is 0.363. The molecule has 0 saturated carbocycles. The summed E-state index contributed by atoms with van der Waals surface area (Å²) in [6.45, 7) is 2.49. The van der Waals surface area contributed by atoms with Gasteiger partial charge in [-0.25, -0.2) is 9.78 Å². The Morgan fingerprint density at radius 2 is 2.00 bits per heavy atom. The Labute approximate surface area is 213 Å². The van der Waals surface area contributed by atoms with E-state index in [0.29, 0.717) is 13.0 Å². The number of rotatable bonds is 13. The Morgan fingerprint density at radius 1 is 1.14 bits per heavy atom. The minimum atomic E-state index is -0.952. The van der Waals surface area contributed by atoms with Crippen LogP contribution in [-0.4, -0.2) is 57.0 Å². The molecule has 0 bridgehead atoms. The molecular weight excluding hydrogens is 454 g/mol. The number of pyridine rings is 2. The second-order valence-electron chi connectivity index (χ2n) is 10.0. The van der Waals surface area contributed by atoms with Crippen LogP contribution in [0.3, 0.4) is 0 Å². The van der Waals surface area contributed by atoms with Gasteiger partial charge in [0.2, 0.25) is 5.91 Å². The highest BCUT2D eigenvalue weighted by molar-refractivity contribution is 5.87. The zero-order chi connectivity index (χ0) is 25.2. The number of aryl methyl sites for hydroxylation is 2. The summed E-state index contributed by atoms with van der Waals surface area (Å²) in [6.07, 6.45) is 14.0. The molecule has 8 heteroatoms. The Kier molecular flexibility index (Phi) is 9.67. The molecule has 2 aliphatic rings. The van der Waals surface area contributed by atoms with Crippen molar-refractivity contribution in [2.24, 2.45) is 0 Å². The lowest BCUT2D eigenvalue weighted by molar-refractivity contribution is -0.142. The molecule has 0 radical (unpaired) electrons. The van der Waals surface area contributed by atoms with Crippen LogP contribution in [0.15, 0.2) is 36.7 Å². The maximum absolute atomic E-state index is 12.9. The van der Waals surface area contributed by atoms with E-state index >= 15 is 0 Å². The first kappa shape index (κ1) is 26.1. The number of likely N-dealkylation sites (tertiary alicyclic amines) is 1. The third-order valence-corrected chi connectivity index (χ3v) is 7.27. The van der Waals surface area contributed by atoms with Crippen molar-refractivity contribution >= 4 is 17.7 Å². The molecule has 0 aliphatic carbocycles. The molecule has 4 heterocycles. The second kappa shape index (κ2) is 13.3. The van der Waals surface area contributed by atoms with E-state index in [4.69, 9.17) is 4.98 Å². The van der Waals surface area contributed by atoms with Gasteiger partial charge in [0.25, 0.3) is 0 Å². The molecular formula is C28H39N5O3. The fourth-order valence-corrected chi connectivity index (χ4v) is 5.26. The first-order chi connectivity index (χ1) is 17.6. The van der Waals surface area contributed by atoms with E-state index in [9.17, 15) is 14.7 Å².